The van der Waals surface area contributed by atoms with E-state index in [1.54, 1.807) is 36.4 Å². The van der Waals surface area contributed by atoms with Crippen molar-refractivity contribution in [3.63, 3.8) is 0 Å². The van der Waals surface area contributed by atoms with Crippen LogP contribution in [-0.2, 0) is 27.9 Å². The molecule has 2 N–H and O–H groups in total. The standard InChI is InChI=1S/C35H39N3O5S/c1-27-14-17-33(18-15-27)44(40,41)38(23-28-10-6-4-7-11-28)31-16-19-34(30(20-31)21-36)43-25-32(39)22-37-35(2,3)26-42-24-29-12-8-5-9-13-29/h4-20,32,37,39H,22-26H2,1-3H3/t32-/m1/s1. The zero-order valence-corrected chi connectivity index (χ0v) is 26.1. The van der Waals surface area contributed by atoms with Gasteiger partial charge in [-0.15, -0.1) is 0 Å². The highest BCUT2D eigenvalue weighted by Gasteiger charge is 2.26. The summed E-state index contributed by atoms with van der Waals surface area (Å²) in [7, 11) is -3.95. The number of aliphatic hydroxyl groups is 1. The molecule has 4 aromatic carbocycles. The van der Waals surface area contributed by atoms with E-state index in [9.17, 15) is 18.8 Å². The molecule has 0 bridgehead atoms. The number of ether oxygens (including phenoxy) is 2. The molecule has 0 aliphatic heterocycles. The highest BCUT2D eigenvalue weighted by molar-refractivity contribution is 7.92. The Bertz CT molecular complexity index is 1640. The fourth-order valence-corrected chi connectivity index (χ4v) is 5.92. The number of aliphatic hydroxyl groups excluding tert-OH is 1. The van der Waals surface area contributed by atoms with Crippen LogP contribution in [0.2, 0.25) is 0 Å². The molecule has 9 heteroatoms. The van der Waals surface area contributed by atoms with Crippen molar-refractivity contribution in [1.29, 1.82) is 5.26 Å². The van der Waals surface area contributed by atoms with Gasteiger partial charge in [-0.2, -0.15) is 5.26 Å². The Morgan fingerprint density at radius 3 is 2.20 bits per heavy atom. The fourth-order valence-electron chi connectivity index (χ4n) is 4.48. The van der Waals surface area contributed by atoms with Crippen LogP contribution in [0.5, 0.6) is 5.75 Å². The first-order valence-corrected chi connectivity index (χ1v) is 15.9. The van der Waals surface area contributed by atoms with Crippen LogP contribution < -0.4 is 14.4 Å². The Morgan fingerprint density at radius 2 is 1.57 bits per heavy atom. The van der Waals surface area contributed by atoms with Gasteiger partial charge in [0.1, 0.15) is 24.5 Å². The summed E-state index contributed by atoms with van der Waals surface area (Å²) in [6.45, 7) is 7.09. The van der Waals surface area contributed by atoms with Gasteiger partial charge in [0.05, 0.1) is 35.9 Å². The number of anilines is 1. The Kier molecular flexibility index (Phi) is 11.1. The normalized spacial score (nSPS) is 12.3. The van der Waals surface area contributed by atoms with Gasteiger partial charge < -0.3 is 19.9 Å². The summed E-state index contributed by atoms with van der Waals surface area (Å²) in [6.07, 6.45) is -0.855. The number of aryl methyl sites for hydroxylation is 1. The topological polar surface area (TPSA) is 112 Å². The average Bonchev–Trinajstić information content (AvgIpc) is 3.02. The predicted molar refractivity (Wildman–Crippen MR) is 172 cm³/mol. The maximum absolute atomic E-state index is 13.8. The van der Waals surface area contributed by atoms with E-state index in [0.717, 1.165) is 16.7 Å². The van der Waals surface area contributed by atoms with Crippen LogP contribution in [-0.4, -0.2) is 44.9 Å². The lowest BCUT2D eigenvalue weighted by molar-refractivity contribution is 0.0551. The summed E-state index contributed by atoms with van der Waals surface area (Å²) in [6, 6.07) is 32.7. The number of nitrogens with one attached hydrogen (secondary N) is 1. The van der Waals surface area contributed by atoms with Crippen molar-refractivity contribution in [3.8, 4) is 11.8 Å². The number of nitrogens with zero attached hydrogens (tertiary/aromatic N) is 2. The molecule has 8 nitrogen and oxygen atoms in total. The number of hydrogen-bond donors (Lipinski definition) is 2. The number of sulfonamides is 1. The van der Waals surface area contributed by atoms with Crippen LogP contribution in [0.15, 0.2) is 108 Å². The molecule has 0 saturated heterocycles. The molecule has 0 aliphatic rings. The minimum absolute atomic E-state index is 0.0582. The molecule has 0 aliphatic carbocycles. The molecule has 0 aromatic heterocycles. The lowest BCUT2D eigenvalue weighted by atomic mass is 10.1. The molecule has 0 unspecified atom stereocenters. The molecule has 230 valence electrons. The van der Waals surface area contributed by atoms with Gasteiger partial charge in [0.2, 0.25) is 0 Å². The third-order valence-electron chi connectivity index (χ3n) is 6.97. The molecule has 4 rings (SSSR count). The van der Waals surface area contributed by atoms with Gasteiger partial charge >= 0.3 is 0 Å². The first kappa shape index (κ1) is 32.7. The van der Waals surface area contributed by atoms with E-state index >= 15 is 0 Å². The second-order valence-electron chi connectivity index (χ2n) is 11.3. The maximum Gasteiger partial charge on any atom is 0.264 e. The van der Waals surface area contributed by atoms with E-state index in [1.807, 2.05) is 81.4 Å². The number of hydrogen-bond acceptors (Lipinski definition) is 7. The van der Waals surface area contributed by atoms with Crippen molar-refractivity contribution in [1.82, 2.24) is 5.32 Å². The van der Waals surface area contributed by atoms with Gasteiger partial charge in [-0.1, -0.05) is 78.4 Å². The Morgan fingerprint density at radius 1 is 0.932 bits per heavy atom. The van der Waals surface area contributed by atoms with Crippen LogP contribution in [0.4, 0.5) is 5.69 Å². The molecule has 44 heavy (non-hydrogen) atoms. The summed E-state index contributed by atoms with van der Waals surface area (Å²) in [5.41, 5.74) is 2.94. The predicted octanol–water partition coefficient (Wildman–Crippen LogP) is 5.59. The highest BCUT2D eigenvalue weighted by Crippen LogP contribution is 2.30. The van der Waals surface area contributed by atoms with E-state index in [4.69, 9.17) is 9.47 Å². The molecule has 0 amide bonds. The van der Waals surface area contributed by atoms with E-state index in [-0.39, 0.29) is 41.4 Å². The van der Waals surface area contributed by atoms with Crippen molar-refractivity contribution in [3.05, 3.63) is 125 Å². The third kappa shape index (κ3) is 9.15. The Hall–Kier alpha value is -4.20. The minimum Gasteiger partial charge on any atom is -0.489 e. The van der Waals surface area contributed by atoms with Crippen LogP contribution in [0, 0.1) is 18.3 Å². The molecule has 0 fully saturated rings. The largest absolute Gasteiger partial charge is 0.489 e. The summed E-state index contributed by atoms with van der Waals surface area (Å²) in [5.74, 6) is 0.258. The molecule has 0 saturated carbocycles. The molecule has 1 atom stereocenters. The quantitative estimate of drug-likeness (QED) is 0.180. The van der Waals surface area contributed by atoms with E-state index in [2.05, 4.69) is 11.4 Å². The van der Waals surface area contributed by atoms with Crippen molar-refractivity contribution in [2.45, 2.75) is 50.5 Å². The minimum atomic E-state index is -3.95. The molecule has 0 heterocycles. The maximum atomic E-state index is 13.8. The first-order valence-electron chi connectivity index (χ1n) is 14.4. The second-order valence-corrected chi connectivity index (χ2v) is 13.2. The molecule has 0 radical (unpaired) electrons. The number of β-amino-alcohol motifs (C(OH)–C–C–N with tert-alkyl or cyclic N) is 1. The number of benzene rings is 4. The zero-order valence-electron chi connectivity index (χ0n) is 25.3. The lowest BCUT2D eigenvalue weighted by Crippen LogP contribution is -2.47. The Balaban J connectivity index is 1.42. The SMILES string of the molecule is Cc1ccc(S(=O)(=O)N(Cc2ccccc2)c2ccc(OC[C@H](O)CNC(C)(C)COCc3ccccc3)c(C#N)c2)cc1. The van der Waals surface area contributed by atoms with Gasteiger partial charge in [0, 0.05) is 12.1 Å². The summed E-state index contributed by atoms with van der Waals surface area (Å²) in [4.78, 5) is 0.155. The molecule has 0 spiro atoms. The van der Waals surface area contributed by atoms with Gasteiger partial charge in [0.25, 0.3) is 10.0 Å². The summed E-state index contributed by atoms with van der Waals surface area (Å²) >= 11 is 0. The van der Waals surface area contributed by atoms with E-state index in [0.29, 0.717) is 18.9 Å². The molecule has 4 aromatic rings. The highest BCUT2D eigenvalue weighted by atomic mass is 32.2. The van der Waals surface area contributed by atoms with E-state index < -0.39 is 16.1 Å². The van der Waals surface area contributed by atoms with Gasteiger partial charge in [-0.25, -0.2) is 8.42 Å². The third-order valence-corrected chi connectivity index (χ3v) is 8.76. The fraction of sp³-hybridized carbons (Fsp3) is 0.286. The van der Waals surface area contributed by atoms with E-state index in [1.165, 1.54) is 10.4 Å². The zero-order chi connectivity index (χ0) is 31.6. The van der Waals surface area contributed by atoms with Crippen molar-refractivity contribution in [2.75, 3.05) is 24.1 Å². The summed E-state index contributed by atoms with van der Waals surface area (Å²) < 4.78 is 40.6. The van der Waals surface area contributed by atoms with Crippen molar-refractivity contribution < 1.29 is 23.0 Å². The van der Waals surface area contributed by atoms with Crippen LogP contribution in [0.3, 0.4) is 0 Å². The first-order chi connectivity index (χ1) is 21.1. The second kappa shape index (κ2) is 15.0. The Labute approximate surface area is 260 Å². The lowest BCUT2D eigenvalue weighted by Gasteiger charge is -2.28. The number of rotatable bonds is 15. The summed E-state index contributed by atoms with van der Waals surface area (Å²) in [5, 5.41) is 23.8. The number of nitriles is 1. The van der Waals surface area contributed by atoms with Gasteiger partial charge in [-0.05, 0) is 62.2 Å². The smallest absolute Gasteiger partial charge is 0.264 e. The van der Waals surface area contributed by atoms with Crippen molar-refractivity contribution in [2.24, 2.45) is 0 Å². The monoisotopic (exact) mass is 613 g/mol. The van der Waals surface area contributed by atoms with Crippen LogP contribution in [0.1, 0.15) is 36.1 Å². The average molecular weight is 614 g/mol. The van der Waals surface area contributed by atoms with Gasteiger partial charge in [-0.3, -0.25) is 4.31 Å². The molecular formula is C35H39N3O5S. The van der Waals surface area contributed by atoms with Gasteiger partial charge in [0.15, 0.2) is 0 Å². The molecular weight excluding hydrogens is 574 g/mol. The van der Waals surface area contributed by atoms with Crippen molar-refractivity contribution >= 4 is 15.7 Å². The van der Waals surface area contributed by atoms with Crippen LogP contribution in [0.25, 0.3) is 0 Å². The van der Waals surface area contributed by atoms with Crippen LogP contribution >= 0.6 is 0 Å².